The van der Waals surface area contributed by atoms with Gasteiger partial charge in [0.2, 0.25) is 0 Å². The molecule has 1 aliphatic rings. The first-order valence-electron chi connectivity index (χ1n) is 14.3. The van der Waals surface area contributed by atoms with Crippen molar-refractivity contribution in [3.63, 3.8) is 0 Å². The van der Waals surface area contributed by atoms with E-state index in [1.54, 1.807) is 0 Å². The first-order chi connectivity index (χ1) is 20.8. The first-order valence-corrected chi connectivity index (χ1v) is 15.1. The Hall–Kier alpha value is -5.12. The summed E-state index contributed by atoms with van der Waals surface area (Å²) < 4.78 is 1.31. The van der Waals surface area contributed by atoms with Crippen LogP contribution in [0.25, 0.3) is 49.2 Å². The topological polar surface area (TPSA) is 15.3 Å². The molecule has 0 saturated carbocycles. The molecule has 7 aromatic rings. The van der Waals surface area contributed by atoms with E-state index in [1.807, 2.05) is 11.3 Å². The summed E-state index contributed by atoms with van der Waals surface area (Å²) in [5.74, 6) is 0. The average Bonchev–Trinajstić information content (AvgIpc) is 3.44. The van der Waals surface area contributed by atoms with Gasteiger partial charge in [-0.1, -0.05) is 109 Å². The highest BCUT2D eigenvalue weighted by atomic mass is 32.1. The maximum absolute atomic E-state index is 3.73. The number of rotatable bonds is 5. The summed E-state index contributed by atoms with van der Waals surface area (Å²) in [5.41, 5.74) is 9.71. The maximum Gasteiger partial charge on any atom is 0.0972 e. The average molecular weight is 557 g/mol. The molecule has 0 aliphatic carbocycles. The Balaban J connectivity index is 1.24. The van der Waals surface area contributed by atoms with Crippen LogP contribution in [0.3, 0.4) is 0 Å². The van der Waals surface area contributed by atoms with E-state index in [-0.39, 0.29) is 0 Å². The van der Waals surface area contributed by atoms with Gasteiger partial charge in [-0.15, -0.1) is 11.3 Å². The van der Waals surface area contributed by atoms with Crippen LogP contribution in [-0.2, 0) is 0 Å². The molecule has 0 bridgehead atoms. The third kappa shape index (κ3) is 4.45. The molecule has 200 valence electrons. The van der Waals surface area contributed by atoms with Crippen molar-refractivity contribution in [2.24, 2.45) is 0 Å². The fraction of sp³-hybridized carbons (Fsp3) is 0.0256. The molecule has 0 atom stereocenters. The standard InChI is InChI=1S/C39H28N2S/c1-3-9-27(10-4-1)29-17-20-33(21-18-29)41(35-25-37-36-13-7-8-14-38(36)42-39(37)40-26-35)34-22-19-31-23-30(15-16-32(31)24-34)28-11-5-2-6-12-28/h1-25,40H,26H2. The lowest BCUT2D eigenvalue weighted by molar-refractivity contribution is 1.09. The molecule has 6 aromatic carbocycles. The summed E-state index contributed by atoms with van der Waals surface area (Å²) in [7, 11) is 0. The fourth-order valence-corrected chi connectivity index (χ4v) is 7.05. The molecule has 1 aliphatic heterocycles. The molecular formula is C39H28N2S. The van der Waals surface area contributed by atoms with E-state index in [0.29, 0.717) is 0 Å². The predicted molar refractivity (Wildman–Crippen MR) is 182 cm³/mol. The van der Waals surface area contributed by atoms with Crippen LogP contribution >= 0.6 is 11.3 Å². The second-order valence-corrected chi connectivity index (χ2v) is 11.7. The van der Waals surface area contributed by atoms with Crippen molar-refractivity contribution >= 4 is 54.6 Å². The van der Waals surface area contributed by atoms with Gasteiger partial charge in [-0.2, -0.15) is 0 Å². The lowest BCUT2D eigenvalue weighted by Crippen LogP contribution is -2.24. The molecule has 2 heterocycles. The van der Waals surface area contributed by atoms with Gasteiger partial charge < -0.3 is 10.2 Å². The normalized spacial score (nSPS) is 12.5. The third-order valence-corrected chi connectivity index (χ3v) is 9.23. The summed E-state index contributed by atoms with van der Waals surface area (Å²) in [6.07, 6.45) is 2.37. The zero-order valence-corrected chi connectivity index (χ0v) is 23.8. The number of hydrogen-bond donors (Lipinski definition) is 1. The zero-order chi connectivity index (χ0) is 27.9. The molecule has 0 amide bonds. The van der Waals surface area contributed by atoms with Gasteiger partial charge in [0.15, 0.2) is 0 Å². The molecule has 0 fully saturated rings. The quantitative estimate of drug-likeness (QED) is 0.227. The molecule has 0 spiro atoms. The number of anilines is 3. The Morgan fingerprint density at radius 3 is 1.90 bits per heavy atom. The summed E-state index contributed by atoms with van der Waals surface area (Å²) in [4.78, 5) is 2.40. The van der Waals surface area contributed by atoms with Gasteiger partial charge in [0, 0.05) is 32.7 Å². The van der Waals surface area contributed by atoms with Gasteiger partial charge in [0.05, 0.1) is 11.5 Å². The highest BCUT2D eigenvalue weighted by Crippen LogP contribution is 2.42. The lowest BCUT2D eigenvalue weighted by Gasteiger charge is -2.31. The van der Waals surface area contributed by atoms with E-state index >= 15 is 0 Å². The second-order valence-electron chi connectivity index (χ2n) is 10.7. The van der Waals surface area contributed by atoms with Crippen molar-refractivity contribution in [2.75, 3.05) is 16.8 Å². The van der Waals surface area contributed by atoms with Gasteiger partial charge >= 0.3 is 0 Å². The number of benzene rings is 6. The summed E-state index contributed by atoms with van der Waals surface area (Å²) >= 11 is 1.83. The Kier molecular flexibility index (Phi) is 6.09. The Bertz CT molecular complexity index is 2070. The van der Waals surface area contributed by atoms with E-state index in [9.17, 15) is 0 Å². The fourth-order valence-electron chi connectivity index (χ4n) is 5.97. The van der Waals surface area contributed by atoms with Crippen molar-refractivity contribution in [2.45, 2.75) is 0 Å². The Morgan fingerprint density at radius 2 is 1.12 bits per heavy atom. The van der Waals surface area contributed by atoms with Crippen LogP contribution in [0.4, 0.5) is 16.4 Å². The van der Waals surface area contributed by atoms with Crippen molar-refractivity contribution in [3.8, 4) is 22.3 Å². The Labute approximate surface area is 249 Å². The highest BCUT2D eigenvalue weighted by Gasteiger charge is 2.22. The van der Waals surface area contributed by atoms with Gasteiger partial charge in [-0.3, -0.25) is 0 Å². The van der Waals surface area contributed by atoms with Crippen LogP contribution in [0.1, 0.15) is 5.56 Å². The van der Waals surface area contributed by atoms with E-state index < -0.39 is 0 Å². The molecule has 2 nitrogen and oxygen atoms in total. The van der Waals surface area contributed by atoms with Gasteiger partial charge in [-0.25, -0.2) is 0 Å². The number of nitrogens with zero attached hydrogens (tertiary/aromatic N) is 1. The van der Waals surface area contributed by atoms with Crippen LogP contribution in [0.15, 0.2) is 151 Å². The van der Waals surface area contributed by atoms with Crippen LogP contribution in [0, 0.1) is 0 Å². The van der Waals surface area contributed by atoms with Crippen LogP contribution in [0.5, 0.6) is 0 Å². The minimum Gasteiger partial charge on any atom is -0.371 e. The van der Waals surface area contributed by atoms with Crippen molar-refractivity contribution in [3.05, 3.63) is 157 Å². The van der Waals surface area contributed by atoms with E-state index in [2.05, 4.69) is 162 Å². The molecule has 0 radical (unpaired) electrons. The lowest BCUT2D eigenvalue weighted by atomic mass is 10.00. The molecular weight excluding hydrogens is 529 g/mol. The minimum atomic E-state index is 0.755. The van der Waals surface area contributed by atoms with Crippen LogP contribution < -0.4 is 10.2 Å². The van der Waals surface area contributed by atoms with Crippen molar-refractivity contribution in [1.82, 2.24) is 0 Å². The molecule has 8 rings (SSSR count). The summed E-state index contributed by atoms with van der Waals surface area (Å²) in [6.45, 7) is 0.755. The van der Waals surface area contributed by atoms with Gasteiger partial charge in [0.1, 0.15) is 0 Å². The van der Waals surface area contributed by atoms with Crippen LogP contribution in [-0.4, -0.2) is 6.54 Å². The maximum atomic E-state index is 3.73. The van der Waals surface area contributed by atoms with Crippen LogP contribution in [0.2, 0.25) is 0 Å². The Morgan fingerprint density at radius 1 is 0.524 bits per heavy atom. The number of hydrogen-bond acceptors (Lipinski definition) is 3. The summed E-state index contributed by atoms with van der Waals surface area (Å²) in [5, 5.41) is 8.74. The SMILES string of the molecule is C1=C(N(c2ccc(-c3ccccc3)cc2)c2ccc3cc(-c4ccccc4)ccc3c2)CNc2sc3ccccc3c21. The molecule has 1 aromatic heterocycles. The van der Waals surface area contributed by atoms with Gasteiger partial charge in [0.25, 0.3) is 0 Å². The van der Waals surface area contributed by atoms with E-state index in [1.165, 1.54) is 59.4 Å². The number of fused-ring (bicyclic) bond motifs is 4. The van der Waals surface area contributed by atoms with E-state index in [0.717, 1.165) is 17.9 Å². The van der Waals surface area contributed by atoms with Gasteiger partial charge in [-0.05, 0) is 75.5 Å². The first kappa shape index (κ1) is 24.7. The monoisotopic (exact) mass is 556 g/mol. The smallest absolute Gasteiger partial charge is 0.0972 e. The summed E-state index contributed by atoms with van der Waals surface area (Å²) in [6, 6.07) is 52.4. The van der Waals surface area contributed by atoms with Crippen molar-refractivity contribution in [1.29, 1.82) is 0 Å². The molecule has 0 unspecified atom stereocenters. The number of thiophene rings is 1. The molecule has 0 saturated heterocycles. The molecule has 1 N–H and O–H groups in total. The minimum absolute atomic E-state index is 0.755. The predicted octanol–water partition coefficient (Wildman–Crippen LogP) is 11.0. The molecule has 42 heavy (non-hydrogen) atoms. The number of nitrogens with one attached hydrogen (secondary N) is 1. The van der Waals surface area contributed by atoms with Crippen molar-refractivity contribution < 1.29 is 0 Å². The third-order valence-electron chi connectivity index (χ3n) is 8.08. The molecule has 3 heteroatoms. The highest BCUT2D eigenvalue weighted by molar-refractivity contribution is 7.23. The zero-order valence-electron chi connectivity index (χ0n) is 23.0. The van der Waals surface area contributed by atoms with E-state index in [4.69, 9.17) is 0 Å². The largest absolute Gasteiger partial charge is 0.371 e. The second kappa shape index (κ2) is 10.4.